The van der Waals surface area contributed by atoms with Crippen LogP contribution < -0.4 is 10.1 Å². The van der Waals surface area contributed by atoms with Gasteiger partial charge in [0.2, 0.25) is 0 Å². The van der Waals surface area contributed by atoms with Gasteiger partial charge in [-0.2, -0.15) is 0 Å². The Morgan fingerprint density at radius 2 is 1.96 bits per heavy atom. The fourth-order valence-corrected chi connectivity index (χ4v) is 2.98. The van der Waals surface area contributed by atoms with Crippen LogP contribution in [0, 0.1) is 6.92 Å². The molecule has 1 N–H and O–H groups in total. The number of benzene rings is 1. The van der Waals surface area contributed by atoms with E-state index >= 15 is 0 Å². The molecule has 0 spiro atoms. The predicted octanol–water partition coefficient (Wildman–Crippen LogP) is 4.26. The third-order valence-electron chi connectivity index (χ3n) is 4.27. The molecule has 0 fully saturated rings. The average molecular weight is 334 g/mol. The molecule has 0 saturated carbocycles. The summed E-state index contributed by atoms with van der Waals surface area (Å²) in [6.07, 6.45) is 3.30. The molecule has 25 heavy (non-hydrogen) atoms. The van der Waals surface area contributed by atoms with Crippen LogP contribution in [-0.4, -0.2) is 22.1 Å². The zero-order valence-corrected chi connectivity index (χ0v) is 14.3. The van der Waals surface area contributed by atoms with Gasteiger partial charge in [-0.25, -0.2) is 9.97 Å². The molecule has 3 heterocycles. The van der Waals surface area contributed by atoms with Crippen molar-refractivity contribution in [3.05, 3.63) is 54.0 Å². The second-order valence-electron chi connectivity index (χ2n) is 5.91. The van der Waals surface area contributed by atoms with Crippen LogP contribution in [0.1, 0.15) is 24.3 Å². The first-order chi connectivity index (χ1) is 12.2. The summed E-state index contributed by atoms with van der Waals surface area (Å²) < 4.78 is 11.3. The average Bonchev–Trinajstić information content (AvgIpc) is 2.98. The van der Waals surface area contributed by atoms with Crippen molar-refractivity contribution in [3.8, 4) is 5.75 Å². The van der Waals surface area contributed by atoms with Gasteiger partial charge in [0.05, 0.1) is 13.2 Å². The number of fused-ring (bicyclic) bond motifs is 2. The Kier molecular flexibility index (Phi) is 3.72. The molecule has 1 unspecified atom stereocenters. The van der Waals surface area contributed by atoms with Crippen molar-refractivity contribution in [2.24, 2.45) is 0 Å². The molecule has 0 aliphatic rings. The first-order valence-corrected chi connectivity index (χ1v) is 8.07. The molecule has 3 aromatic heterocycles. The molecule has 1 atom stereocenters. The Labute approximate surface area is 144 Å². The van der Waals surface area contributed by atoms with Crippen molar-refractivity contribution >= 4 is 28.0 Å². The lowest BCUT2D eigenvalue weighted by Gasteiger charge is -2.13. The third kappa shape index (κ3) is 2.76. The van der Waals surface area contributed by atoms with E-state index < -0.39 is 0 Å². The van der Waals surface area contributed by atoms with Gasteiger partial charge in [0.25, 0.3) is 0 Å². The van der Waals surface area contributed by atoms with Gasteiger partial charge < -0.3 is 14.5 Å². The number of pyridine rings is 1. The summed E-state index contributed by atoms with van der Waals surface area (Å²) in [5.41, 5.74) is 3.33. The van der Waals surface area contributed by atoms with E-state index in [1.165, 1.54) is 0 Å². The molecule has 126 valence electrons. The number of aryl methyl sites for hydroxylation is 1. The Morgan fingerprint density at radius 1 is 1.12 bits per heavy atom. The van der Waals surface area contributed by atoms with Gasteiger partial charge in [-0.1, -0.05) is 0 Å². The zero-order valence-electron chi connectivity index (χ0n) is 14.3. The molecule has 0 bridgehead atoms. The highest BCUT2D eigenvalue weighted by molar-refractivity contribution is 5.83. The first kappa shape index (κ1) is 15.4. The number of anilines is 1. The van der Waals surface area contributed by atoms with E-state index in [2.05, 4.69) is 27.2 Å². The monoisotopic (exact) mass is 334 g/mol. The van der Waals surface area contributed by atoms with Crippen LogP contribution in [0.2, 0.25) is 0 Å². The van der Waals surface area contributed by atoms with Crippen LogP contribution >= 0.6 is 0 Å². The third-order valence-corrected chi connectivity index (χ3v) is 4.27. The topological polar surface area (TPSA) is 73.1 Å². The molecule has 0 amide bonds. The molecule has 0 radical (unpaired) electrons. The van der Waals surface area contributed by atoms with Gasteiger partial charge in [-0.15, -0.1) is 0 Å². The molecule has 0 aliphatic heterocycles. The van der Waals surface area contributed by atoms with Crippen molar-refractivity contribution in [1.82, 2.24) is 15.0 Å². The fourth-order valence-electron chi connectivity index (χ4n) is 2.98. The van der Waals surface area contributed by atoms with Gasteiger partial charge >= 0.3 is 0 Å². The van der Waals surface area contributed by atoms with E-state index in [9.17, 15) is 0 Å². The van der Waals surface area contributed by atoms with E-state index in [0.29, 0.717) is 5.65 Å². The summed E-state index contributed by atoms with van der Waals surface area (Å²) in [5.74, 6) is 2.43. The van der Waals surface area contributed by atoms with Crippen LogP contribution in [0.25, 0.3) is 22.1 Å². The number of rotatable bonds is 4. The first-order valence-electron chi connectivity index (χ1n) is 8.07. The minimum absolute atomic E-state index is 0.0417. The maximum absolute atomic E-state index is 6.05. The second-order valence-corrected chi connectivity index (χ2v) is 5.91. The Bertz CT molecular complexity index is 1060. The minimum atomic E-state index is -0.0417. The highest BCUT2D eigenvalue weighted by Crippen LogP contribution is 2.33. The Morgan fingerprint density at radius 3 is 2.80 bits per heavy atom. The van der Waals surface area contributed by atoms with Crippen molar-refractivity contribution in [2.75, 3.05) is 12.4 Å². The van der Waals surface area contributed by atoms with Gasteiger partial charge in [-0.05, 0) is 44.2 Å². The molecular formula is C19H18N4O2. The van der Waals surface area contributed by atoms with E-state index in [4.69, 9.17) is 9.15 Å². The summed E-state index contributed by atoms with van der Waals surface area (Å²) in [6.45, 7) is 4.10. The second kappa shape index (κ2) is 6.05. The molecule has 0 saturated heterocycles. The highest BCUT2D eigenvalue weighted by Gasteiger charge is 2.17. The fraction of sp³-hybridized carbons (Fsp3) is 0.211. The standard InChI is InChI=1S/C19H18N4O2/c1-11-14-10-13(24-3)4-6-16(14)25-18(11)12(2)22-17-7-5-15-19(23-17)21-9-8-20-15/h4-10,12H,1-3H3,(H,21,22,23). The van der Waals surface area contributed by atoms with Crippen LogP contribution in [-0.2, 0) is 0 Å². The summed E-state index contributed by atoms with van der Waals surface area (Å²) in [5, 5.41) is 4.43. The van der Waals surface area contributed by atoms with Crippen molar-refractivity contribution in [2.45, 2.75) is 19.9 Å². The predicted molar refractivity (Wildman–Crippen MR) is 96.9 cm³/mol. The van der Waals surface area contributed by atoms with Crippen molar-refractivity contribution in [3.63, 3.8) is 0 Å². The number of hydrogen-bond donors (Lipinski definition) is 1. The van der Waals surface area contributed by atoms with Crippen molar-refractivity contribution < 1.29 is 9.15 Å². The molecule has 4 rings (SSSR count). The van der Waals surface area contributed by atoms with Crippen LogP contribution in [0.5, 0.6) is 5.75 Å². The van der Waals surface area contributed by atoms with E-state index in [0.717, 1.165) is 39.4 Å². The minimum Gasteiger partial charge on any atom is -0.497 e. The largest absolute Gasteiger partial charge is 0.497 e. The number of nitrogens with one attached hydrogen (secondary N) is 1. The van der Waals surface area contributed by atoms with Gasteiger partial charge in [0, 0.05) is 23.3 Å². The lowest BCUT2D eigenvalue weighted by molar-refractivity contribution is 0.415. The van der Waals surface area contributed by atoms with Gasteiger partial charge in [-0.3, -0.25) is 4.98 Å². The lowest BCUT2D eigenvalue weighted by atomic mass is 10.1. The molecule has 6 heteroatoms. The Balaban J connectivity index is 1.66. The number of nitrogens with zero attached hydrogens (tertiary/aromatic N) is 3. The van der Waals surface area contributed by atoms with Crippen LogP contribution in [0.3, 0.4) is 0 Å². The van der Waals surface area contributed by atoms with Crippen molar-refractivity contribution in [1.29, 1.82) is 0 Å². The normalized spacial score (nSPS) is 12.4. The Hall–Kier alpha value is -3.15. The van der Waals surface area contributed by atoms with Crippen LogP contribution in [0.15, 0.2) is 47.1 Å². The molecule has 0 aliphatic carbocycles. The highest BCUT2D eigenvalue weighted by atomic mass is 16.5. The molecule has 1 aromatic carbocycles. The van der Waals surface area contributed by atoms with E-state index in [1.807, 2.05) is 37.3 Å². The summed E-state index contributed by atoms with van der Waals surface area (Å²) >= 11 is 0. The summed E-state index contributed by atoms with van der Waals surface area (Å²) in [4.78, 5) is 13.0. The van der Waals surface area contributed by atoms with E-state index in [-0.39, 0.29) is 6.04 Å². The molecule has 4 aromatic rings. The number of aromatic nitrogens is 3. The smallest absolute Gasteiger partial charge is 0.180 e. The van der Waals surface area contributed by atoms with Gasteiger partial charge in [0.1, 0.15) is 28.4 Å². The summed E-state index contributed by atoms with van der Waals surface area (Å²) in [7, 11) is 1.66. The molecule has 6 nitrogen and oxygen atoms in total. The SMILES string of the molecule is COc1ccc2oc(C(C)Nc3ccc4nccnc4n3)c(C)c2c1. The number of furan rings is 1. The number of ether oxygens (including phenoxy) is 1. The lowest BCUT2D eigenvalue weighted by Crippen LogP contribution is -2.08. The summed E-state index contributed by atoms with van der Waals surface area (Å²) in [6, 6.07) is 9.58. The number of hydrogen-bond acceptors (Lipinski definition) is 6. The maximum atomic E-state index is 6.05. The zero-order chi connectivity index (χ0) is 17.4. The van der Waals surface area contributed by atoms with Gasteiger partial charge in [0.15, 0.2) is 5.65 Å². The molecular weight excluding hydrogens is 316 g/mol. The number of methoxy groups -OCH3 is 1. The maximum Gasteiger partial charge on any atom is 0.180 e. The quantitative estimate of drug-likeness (QED) is 0.601. The van der Waals surface area contributed by atoms with Crippen LogP contribution in [0.4, 0.5) is 5.82 Å². The van der Waals surface area contributed by atoms with E-state index in [1.54, 1.807) is 19.5 Å².